The predicted octanol–water partition coefficient (Wildman–Crippen LogP) is 2.93. The van der Waals surface area contributed by atoms with Gasteiger partial charge >= 0.3 is 18.2 Å². The molecule has 122 valence electrons. The second-order valence-corrected chi connectivity index (χ2v) is 4.74. The monoisotopic (exact) mass is 318 g/mol. The molecule has 5 nitrogen and oxygen atoms in total. The number of nitrogens with one attached hydrogen (secondary N) is 2. The Hall–Kier alpha value is -2.25. The number of halogens is 3. The first-order valence-corrected chi connectivity index (χ1v) is 6.63. The molecule has 1 atom stereocenters. The molecule has 0 aliphatic heterocycles. The average molecular weight is 318 g/mol. The summed E-state index contributed by atoms with van der Waals surface area (Å²) >= 11 is 0. The van der Waals surface area contributed by atoms with E-state index >= 15 is 0 Å². The Bertz CT molecular complexity index is 532. The second-order valence-electron chi connectivity index (χ2n) is 4.74. The molecule has 0 radical (unpaired) electrons. The van der Waals surface area contributed by atoms with Crippen molar-refractivity contribution in [2.24, 2.45) is 0 Å². The fourth-order valence-corrected chi connectivity index (χ4v) is 1.76. The summed E-state index contributed by atoms with van der Waals surface area (Å²) in [5, 5.41) is 13.4. The maximum Gasteiger partial charge on any atom is 0.416 e. The van der Waals surface area contributed by atoms with Gasteiger partial charge in [0, 0.05) is 13.0 Å². The van der Waals surface area contributed by atoms with Crippen molar-refractivity contribution >= 4 is 12.0 Å². The third kappa shape index (κ3) is 6.02. The van der Waals surface area contributed by atoms with Crippen LogP contribution in [-0.2, 0) is 11.0 Å². The Labute approximate surface area is 125 Å². The number of urea groups is 1. The third-order valence-electron chi connectivity index (χ3n) is 2.91. The molecule has 1 aromatic carbocycles. The average Bonchev–Trinajstić information content (AvgIpc) is 2.42. The van der Waals surface area contributed by atoms with Gasteiger partial charge in [-0.25, -0.2) is 4.79 Å². The van der Waals surface area contributed by atoms with Gasteiger partial charge in [-0.2, -0.15) is 13.2 Å². The molecule has 0 spiro atoms. The Morgan fingerprint density at radius 1 is 1.32 bits per heavy atom. The number of amides is 2. The van der Waals surface area contributed by atoms with Crippen molar-refractivity contribution in [1.29, 1.82) is 0 Å². The van der Waals surface area contributed by atoms with Crippen molar-refractivity contribution in [3.63, 3.8) is 0 Å². The van der Waals surface area contributed by atoms with Crippen molar-refractivity contribution in [2.75, 3.05) is 6.54 Å². The second kappa shape index (κ2) is 7.67. The number of alkyl halides is 3. The summed E-state index contributed by atoms with van der Waals surface area (Å²) in [6, 6.07) is 3.54. The molecule has 0 saturated carbocycles. The van der Waals surface area contributed by atoms with Crippen molar-refractivity contribution in [3.05, 3.63) is 35.4 Å². The summed E-state index contributed by atoms with van der Waals surface area (Å²) in [6.45, 7) is 1.74. The Balaban J connectivity index is 2.52. The molecular weight excluding hydrogens is 301 g/mol. The highest BCUT2D eigenvalue weighted by atomic mass is 19.4. The molecule has 0 fully saturated rings. The van der Waals surface area contributed by atoms with E-state index in [2.05, 4.69) is 10.6 Å². The highest BCUT2D eigenvalue weighted by molar-refractivity contribution is 5.74. The minimum absolute atomic E-state index is 0.0660. The lowest BCUT2D eigenvalue weighted by atomic mass is 10.1. The summed E-state index contributed by atoms with van der Waals surface area (Å²) in [6.07, 6.45) is -4.22. The first-order valence-electron chi connectivity index (χ1n) is 6.63. The van der Waals surface area contributed by atoms with Crippen molar-refractivity contribution < 1.29 is 27.9 Å². The van der Waals surface area contributed by atoms with Gasteiger partial charge in [-0.15, -0.1) is 0 Å². The summed E-state index contributed by atoms with van der Waals surface area (Å²) in [4.78, 5) is 21.9. The number of hydrogen-bond donors (Lipinski definition) is 3. The molecule has 3 N–H and O–H groups in total. The first-order chi connectivity index (χ1) is 10.2. The Kier molecular flexibility index (Phi) is 6.21. The number of hydrogen-bond acceptors (Lipinski definition) is 2. The minimum Gasteiger partial charge on any atom is -0.481 e. The normalized spacial score (nSPS) is 12.5. The molecule has 2 amide bonds. The predicted molar refractivity (Wildman–Crippen MR) is 73.3 cm³/mol. The van der Waals surface area contributed by atoms with E-state index in [0.717, 1.165) is 12.1 Å². The summed E-state index contributed by atoms with van der Waals surface area (Å²) < 4.78 is 37.9. The maximum atomic E-state index is 12.6. The smallest absolute Gasteiger partial charge is 0.416 e. The molecule has 0 aliphatic rings. The van der Waals surface area contributed by atoms with Gasteiger partial charge in [0.25, 0.3) is 0 Å². The van der Waals surface area contributed by atoms with E-state index in [0.29, 0.717) is 5.56 Å². The number of carbonyl (C=O) groups excluding carboxylic acids is 1. The van der Waals surface area contributed by atoms with E-state index in [9.17, 15) is 22.8 Å². The van der Waals surface area contributed by atoms with Crippen LogP contribution in [0.15, 0.2) is 24.3 Å². The van der Waals surface area contributed by atoms with Crippen molar-refractivity contribution in [1.82, 2.24) is 10.6 Å². The van der Waals surface area contributed by atoms with E-state index in [4.69, 9.17) is 5.11 Å². The lowest BCUT2D eigenvalue weighted by Gasteiger charge is -2.16. The zero-order valence-electron chi connectivity index (χ0n) is 11.9. The number of carboxylic acids is 1. The largest absolute Gasteiger partial charge is 0.481 e. The molecule has 0 heterocycles. The quantitative estimate of drug-likeness (QED) is 0.706. The van der Waals surface area contributed by atoms with Crippen LogP contribution >= 0.6 is 0 Å². The lowest BCUT2D eigenvalue weighted by molar-refractivity contribution is -0.138. The Morgan fingerprint density at radius 2 is 2.00 bits per heavy atom. The maximum absolute atomic E-state index is 12.6. The van der Waals surface area contributed by atoms with Crippen LogP contribution < -0.4 is 10.6 Å². The summed E-state index contributed by atoms with van der Waals surface area (Å²) in [5.41, 5.74) is -0.448. The van der Waals surface area contributed by atoms with Gasteiger partial charge in [-0.05, 0) is 31.0 Å². The molecule has 1 rings (SSSR count). The van der Waals surface area contributed by atoms with E-state index in [1.165, 1.54) is 12.1 Å². The molecule has 0 bridgehead atoms. The van der Waals surface area contributed by atoms with Crippen molar-refractivity contribution in [3.8, 4) is 0 Å². The molecule has 0 aromatic heterocycles. The van der Waals surface area contributed by atoms with E-state index < -0.39 is 29.8 Å². The van der Waals surface area contributed by atoms with E-state index in [1.807, 2.05) is 0 Å². The van der Waals surface area contributed by atoms with Crippen molar-refractivity contribution in [2.45, 2.75) is 32.0 Å². The number of carbonyl (C=O) groups is 2. The molecule has 0 aliphatic carbocycles. The number of rotatable bonds is 6. The number of carboxylic acid groups (broad SMARTS) is 1. The van der Waals surface area contributed by atoms with Gasteiger partial charge in [-0.1, -0.05) is 12.1 Å². The lowest BCUT2D eigenvalue weighted by Crippen LogP contribution is -2.37. The number of aliphatic carboxylic acids is 1. The number of benzene rings is 1. The molecule has 0 saturated heterocycles. The fourth-order valence-electron chi connectivity index (χ4n) is 1.76. The van der Waals surface area contributed by atoms with Crippen LogP contribution in [0.25, 0.3) is 0 Å². The van der Waals surface area contributed by atoms with Crippen LogP contribution in [0, 0.1) is 0 Å². The third-order valence-corrected chi connectivity index (χ3v) is 2.91. The zero-order valence-corrected chi connectivity index (χ0v) is 11.9. The van der Waals surface area contributed by atoms with Gasteiger partial charge in [0.05, 0.1) is 11.6 Å². The van der Waals surface area contributed by atoms with E-state index in [-0.39, 0.29) is 19.4 Å². The van der Waals surface area contributed by atoms with Crippen LogP contribution in [0.5, 0.6) is 0 Å². The fraction of sp³-hybridized carbons (Fsp3) is 0.429. The van der Waals surface area contributed by atoms with Gasteiger partial charge < -0.3 is 15.7 Å². The van der Waals surface area contributed by atoms with Crippen LogP contribution in [-0.4, -0.2) is 23.7 Å². The summed E-state index contributed by atoms with van der Waals surface area (Å²) in [7, 11) is 0. The highest BCUT2D eigenvalue weighted by Crippen LogP contribution is 2.30. The van der Waals surface area contributed by atoms with Crippen LogP contribution in [0.4, 0.5) is 18.0 Å². The zero-order chi connectivity index (χ0) is 16.8. The topological polar surface area (TPSA) is 78.4 Å². The van der Waals surface area contributed by atoms with Gasteiger partial charge in [0.1, 0.15) is 0 Å². The summed E-state index contributed by atoms with van der Waals surface area (Å²) in [5.74, 6) is -0.959. The first kappa shape index (κ1) is 17.8. The minimum atomic E-state index is -4.44. The SMILES string of the molecule is CC(NC(=O)NCCCC(=O)O)c1cccc(C(F)(F)F)c1. The van der Waals surface area contributed by atoms with Crippen LogP contribution in [0.3, 0.4) is 0 Å². The van der Waals surface area contributed by atoms with Gasteiger partial charge in [0.2, 0.25) is 0 Å². The molecule has 1 aromatic rings. The molecular formula is C14H17F3N2O3. The van der Waals surface area contributed by atoms with Crippen LogP contribution in [0.1, 0.15) is 36.9 Å². The van der Waals surface area contributed by atoms with Crippen LogP contribution in [0.2, 0.25) is 0 Å². The Morgan fingerprint density at radius 3 is 2.59 bits per heavy atom. The van der Waals surface area contributed by atoms with Gasteiger partial charge in [-0.3, -0.25) is 4.79 Å². The van der Waals surface area contributed by atoms with E-state index in [1.54, 1.807) is 6.92 Å². The highest BCUT2D eigenvalue weighted by Gasteiger charge is 2.30. The molecule has 8 heteroatoms. The molecule has 1 unspecified atom stereocenters. The standard InChI is InChI=1S/C14H17F3N2O3/c1-9(19-13(22)18-7-3-6-12(20)21)10-4-2-5-11(8-10)14(15,16)17/h2,4-5,8-9H,3,6-7H2,1H3,(H,20,21)(H2,18,19,22). The molecule has 22 heavy (non-hydrogen) atoms. The van der Waals surface area contributed by atoms with Gasteiger partial charge in [0.15, 0.2) is 0 Å².